The summed E-state index contributed by atoms with van der Waals surface area (Å²) in [5.74, 6) is 2.01. The Labute approximate surface area is 129 Å². The van der Waals surface area contributed by atoms with Crippen LogP contribution in [-0.4, -0.2) is 42.1 Å². The highest BCUT2D eigenvalue weighted by molar-refractivity contribution is 6.28. The van der Waals surface area contributed by atoms with E-state index in [1.807, 2.05) is 12.3 Å². The summed E-state index contributed by atoms with van der Waals surface area (Å²) in [6.45, 7) is 3.92. The first-order valence-electron chi connectivity index (χ1n) is 7.46. The van der Waals surface area contributed by atoms with E-state index in [9.17, 15) is 0 Å². The van der Waals surface area contributed by atoms with E-state index in [1.165, 1.54) is 12.8 Å². The molecule has 0 bridgehead atoms. The molecule has 1 saturated carbocycles. The molecule has 3 N–H and O–H groups in total. The molecule has 2 fully saturated rings. The molecule has 3 heterocycles. The van der Waals surface area contributed by atoms with E-state index in [2.05, 4.69) is 25.8 Å². The fraction of sp³-hybridized carbons (Fsp3) is 0.500. The van der Waals surface area contributed by atoms with E-state index in [0.717, 1.165) is 49.2 Å². The van der Waals surface area contributed by atoms with Crippen molar-refractivity contribution < 1.29 is 0 Å². The summed E-state index contributed by atoms with van der Waals surface area (Å²) in [5, 5.41) is 10.4. The molecule has 1 aromatic rings. The van der Waals surface area contributed by atoms with Crippen LogP contribution in [0.5, 0.6) is 0 Å². The molecule has 0 aromatic carbocycles. The number of rotatable bonds is 3. The lowest BCUT2D eigenvalue weighted by atomic mass is 10.2. The molecule has 4 rings (SSSR count). The molecule has 0 amide bonds. The van der Waals surface area contributed by atoms with E-state index in [4.69, 9.17) is 11.8 Å². The van der Waals surface area contributed by atoms with Gasteiger partial charge in [-0.1, -0.05) is 0 Å². The summed E-state index contributed by atoms with van der Waals surface area (Å²) < 4.78 is 1.73. The molecule has 0 atom stereocenters. The van der Waals surface area contributed by atoms with Crippen LogP contribution in [0.3, 0.4) is 0 Å². The largest absolute Gasteiger partial charge is 0.365 e. The maximum Gasteiger partial charge on any atom is 0.163 e. The third-order valence-electron chi connectivity index (χ3n) is 4.03. The van der Waals surface area contributed by atoms with Crippen LogP contribution in [0.2, 0.25) is 0 Å². The van der Waals surface area contributed by atoms with Gasteiger partial charge in [-0.3, -0.25) is 4.98 Å². The van der Waals surface area contributed by atoms with Crippen molar-refractivity contribution in [2.75, 3.05) is 35.9 Å². The van der Waals surface area contributed by atoms with Gasteiger partial charge in [-0.05, 0) is 18.9 Å². The normalized spacial score (nSPS) is 22.0. The number of piperazine rings is 1. The van der Waals surface area contributed by atoms with Crippen molar-refractivity contribution in [2.24, 2.45) is 0 Å². The number of nitrogens with one attached hydrogen (secondary N) is 3. The molecule has 6 nitrogen and oxygen atoms in total. The van der Waals surface area contributed by atoms with Crippen LogP contribution in [0.1, 0.15) is 12.8 Å². The van der Waals surface area contributed by atoms with E-state index in [1.54, 1.807) is 10.6 Å². The van der Waals surface area contributed by atoms with Gasteiger partial charge in [0.05, 0.1) is 17.6 Å². The molecule has 21 heavy (non-hydrogen) atoms. The van der Waals surface area contributed by atoms with Gasteiger partial charge in [0.25, 0.3) is 0 Å². The van der Waals surface area contributed by atoms with Crippen LogP contribution in [0.4, 0.5) is 11.4 Å². The second-order valence-corrected chi connectivity index (χ2v) is 5.99. The van der Waals surface area contributed by atoms with Crippen molar-refractivity contribution in [3.8, 4) is 0 Å². The zero-order valence-electron chi connectivity index (χ0n) is 11.8. The quantitative estimate of drug-likeness (QED) is 0.731. The number of anilines is 2. The van der Waals surface area contributed by atoms with E-state index < -0.39 is 0 Å². The van der Waals surface area contributed by atoms with Gasteiger partial charge in [-0.15, -0.1) is 0 Å². The first kappa shape index (κ1) is 13.0. The van der Waals surface area contributed by atoms with E-state index in [-0.39, 0.29) is 0 Å². The monoisotopic (exact) mass is 306 g/mol. The van der Waals surface area contributed by atoms with Crippen LogP contribution in [0.15, 0.2) is 30.1 Å². The van der Waals surface area contributed by atoms with Crippen LogP contribution < -0.4 is 20.4 Å². The number of fused-ring (bicyclic) bond motifs is 1. The average molecular weight is 307 g/mol. The lowest BCUT2D eigenvalue weighted by Gasteiger charge is -2.38. The number of pyridine rings is 1. The van der Waals surface area contributed by atoms with Crippen molar-refractivity contribution in [3.05, 3.63) is 30.1 Å². The summed E-state index contributed by atoms with van der Waals surface area (Å²) in [5.41, 5.74) is 1.89. The molecular formula is C14H19ClN6. The SMILES string of the molecule is ClN1C(NC2CC2)=C(N2CCNCC2)Nc2cnccc21. The fourth-order valence-corrected chi connectivity index (χ4v) is 2.99. The second-order valence-electron chi connectivity index (χ2n) is 5.65. The number of hydrogen-bond acceptors (Lipinski definition) is 6. The third kappa shape index (κ3) is 2.49. The third-order valence-corrected chi connectivity index (χ3v) is 4.39. The minimum atomic E-state index is 0.546. The molecule has 0 unspecified atom stereocenters. The zero-order valence-corrected chi connectivity index (χ0v) is 12.5. The second kappa shape index (κ2) is 5.27. The topological polar surface area (TPSA) is 55.5 Å². The summed E-state index contributed by atoms with van der Waals surface area (Å²) >= 11 is 6.60. The van der Waals surface area contributed by atoms with Crippen LogP contribution in [0.25, 0.3) is 0 Å². The average Bonchev–Trinajstić information content (AvgIpc) is 3.35. The summed E-state index contributed by atoms with van der Waals surface area (Å²) in [6, 6.07) is 2.47. The summed E-state index contributed by atoms with van der Waals surface area (Å²) in [7, 11) is 0. The van der Waals surface area contributed by atoms with Gasteiger partial charge in [0.1, 0.15) is 5.82 Å². The van der Waals surface area contributed by atoms with Gasteiger partial charge in [0.15, 0.2) is 5.82 Å². The van der Waals surface area contributed by atoms with Gasteiger partial charge in [0, 0.05) is 50.2 Å². The highest BCUT2D eigenvalue weighted by Gasteiger charge is 2.32. The molecule has 1 aliphatic carbocycles. The number of halogens is 1. The predicted molar refractivity (Wildman–Crippen MR) is 83.8 cm³/mol. The Morgan fingerprint density at radius 3 is 2.86 bits per heavy atom. The first-order chi connectivity index (χ1) is 10.3. The maximum atomic E-state index is 6.60. The highest BCUT2D eigenvalue weighted by atomic mass is 35.5. The number of nitrogens with zero attached hydrogens (tertiary/aromatic N) is 3. The smallest absolute Gasteiger partial charge is 0.163 e. The Hall–Kier alpha value is -1.66. The molecule has 1 aromatic heterocycles. The molecule has 7 heteroatoms. The summed E-state index contributed by atoms with van der Waals surface area (Å²) in [4.78, 5) is 6.53. The number of aromatic nitrogens is 1. The summed E-state index contributed by atoms with van der Waals surface area (Å²) in [6.07, 6.45) is 6.01. The standard InChI is InChI=1S/C14H19ClN6/c15-21-12-3-4-17-9-11(12)19-13(14(21)18-10-1-2-10)20-7-5-16-6-8-20/h3-4,9-10,16,18-19H,1-2,5-8H2. The van der Waals surface area contributed by atoms with Gasteiger partial charge in [0.2, 0.25) is 0 Å². The Morgan fingerprint density at radius 2 is 2.10 bits per heavy atom. The minimum absolute atomic E-state index is 0.546. The van der Waals surface area contributed by atoms with E-state index >= 15 is 0 Å². The number of hydrogen-bond donors (Lipinski definition) is 3. The molecule has 1 saturated heterocycles. The van der Waals surface area contributed by atoms with Crippen LogP contribution >= 0.6 is 11.8 Å². The maximum absolute atomic E-state index is 6.60. The Kier molecular flexibility index (Phi) is 3.27. The van der Waals surface area contributed by atoms with Crippen molar-refractivity contribution in [1.29, 1.82) is 0 Å². The minimum Gasteiger partial charge on any atom is -0.365 e. The molecule has 0 radical (unpaired) electrons. The van der Waals surface area contributed by atoms with Crippen molar-refractivity contribution in [2.45, 2.75) is 18.9 Å². The molecule has 0 spiro atoms. The molecule has 2 aliphatic heterocycles. The van der Waals surface area contributed by atoms with E-state index in [0.29, 0.717) is 6.04 Å². The van der Waals surface area contributed by atoms with Gasteiger partial charge < -0.3 is 20.9 Å². The fourth-order valence-electron chi connectivity index (χ4n) is 2.72. The van der Waals surface area contributed by atoms with Crippen molar-refractivity contribution in [1.82, 2.24) is 20.5 Å². The zero-order chi connectivity index (χ0) is 14.2. The van der Waals surface area contributed by atoms with Crippen LogP contribution in [0, 0.1) is 0 Å². The first-order valence-corrected chi connectivity index (χ1v) is 7.80. The molecular weight excluding hydrogens is 288 g/mol. The van der Waals surface area contributed by atoms with Gasteiger partial charge in [-0.2, -0.15) is 0 Å². The Balaban J connectivity index is 1.70. The highest BCUT2D eigenvalue weighted by Crippen LogP contribution is 2.37. The Morgan fingerprint density at radius 1 is 1.29 bits per heavy atom. The van der Waals surface area contributed by atoms with Crippen molar-refractivity contribution in [3.63, 3.8) is 0 Å². The van der Waals surface area contributed by atoms with Crippen molar-refractivity contribution >= 4 is 23.2 Å². The van der Waals surface area contributed by atoms with Gasteiger partial charge in [-0.25, -0.2) is 4.42 Å². The van der Waals surface area contributed by atoms with Gasteiger partial charge >= 0.3 is 0 Å². The molecule has 3 aliphatic rings. The predicted octanol–water partition coefficient (Wildman–Crippen LogP) is 1.25. The molecule has 112 valence electrons. The lowest BCUT2D eigenvalue weighted by Crippen LogP contribution is -2.47. The van der Waals surface area contributed by atoms with Crippen LogP contribution in [-0.2, 0) is 0 Å². The Bertz CT molecular complexity index is 564. The lowest BCUT2D eigenvalue weighted by molar-refractivity contribution is 0.296.